The molecule has 2 aromatic rings. The van der Waals surface area contributed by atoms with Crippen LogP contribution >= 0.6 is 0 Å². The van der Waals surface area contributed by atoms with Crippen molar-refractivity contribution in [2.24, 2.45) is 5.10 Å². The summed E-state index contributed by atoms with van der Waals surface area (Å²) in [7, 11) is 0. The molecule has 0 amide bonds. The van der Waals surface area contributed by atoms with Gasteiger partial charge in [-0.1, -0.05) is 30.3 Å². The number of ether oxygens (including phenoxy) is 1. The predicted molar refractivity (Wildman–Crippen MR) is 66.6 cm³/mol. The second-order valence-electron chi connectivity index (χ2n) is 3.84. The van der Waals surface area contributed by atoms with Gasteiger partial charge in [0, 0.05) is 11.6 Å². The van der Waals surface area contributed by atoms with Gasteiger partial charge in [0.25, 0.3) is 0 Å². The van der Waals surface area contributed by atoms with Gasteiger partial charge in [-0.25, -0.2) is 0 Å². The first-order chi connectivity index (χ1) is 8.42. The van der Waals surface area contributed by atoms with Gasteiger partial charge in [-0.3, -0.25) is 0 Å². The minimum Gasteiger partial charge on any atom is -0.489 e. The minimum atomic E-state index is 0.570. The summed E-state index contributed by atoms with van der Waals surface area (Å²) in [5, 5.41) is 3.86. The van der Waals surface area contributed by atoms with E-state index in [0.29, 0.717) is 6.61 Å². The second kappa shape index (κ2) is 4.29. The van der Waals surface area contributed by atoms with Crippen LogP contribution in [0.2, 0.25) is 0 Å². The van der Waals surface area contributed by atoms with Crippen LogP contribution in [-0.4, -0.2) is 6.21 Å². The molecule has 1 aliphatic rings. The molecule has 0 spiro atoms. The molecule has 0 aromatic heterocycles. The van der Waals surface area contributed by atoms with E-state index in [9.17, 15) is 0 Å². The zero-order valence-corrected chi connectivity index (χ0v) is 9.21. The molecule has 1 heterocycles. The Labute approximate surface area is 99.7 Å². The standard InChI is InChI=1S/C14H11N2O/c1-2-4-11(5-3-1)10-17-13-7-6-12-9-15-16-14(12)8-13/h1-9H,10H2. The molecule has 3 heteroatoms. The lowest BCUT2D eigenvalue weighted by Gasteiger charge is -2.07. The van der Waals surface area contributed by atoms with Gasteiger partial charge < -0.3 is 4.74 Å². The van der Waals surface area contributed by atoms with Crippen LogP contribution in [0.4, 0.5) is 5.69 Å². The molecule has 3 rings (SSSR count). The van der Waals surface area contributed by atoms with Crippen LogP contribution in [0.5, 0.6) is 5.75 Å². The Kier molecular flexibility index (Phi) is 2.50. The largest absolute Gasteiger partial charge is 0.489 e. The van der Waals surface area contributed by atoms with Crippen LogP contribution in [0, 0.1) is 0 Å². The van der Waals surface area contributed by atoms with Crippen molar-refractivity contribution in [1.29, 1.82) is 0 Å². The molecule has 0 saturated heterocycles. The average molecular weight is 223 g/mol. The van der Waals surface area contributed by atoms with Crippen LogP contribution in [-0.2, 0) is 6.61 Å². The fraction of sp³-hybridized carbons (Fsp3) is 0.0714. The summed E-state index contributed by atoms with van der Waals surface area (Å²) >= 11 is 0. The molecule has 0 N–H and O–H groups in total. The maximum absolute atomic E-state index is 5.70. The fourth-order valence-electron chi connectivity index (χ4n) is 1.70. The van der Waals surface area contributed by atoms with Gasteiger partial charge in [0.15, 0.2) is 0 Å². The molecular weight excluding hydrogens is 212 g/mol. The molecule has 0 fully saturated rings. The van der Waals surface area contributed by atoms with Crippen molar-refractivity contribution in [3.05, 3.63) is 59.7 Å². The molecule has 1 radical (unpaired) electrons. The zero-order valence-electron chi connectivity index (χ0n) is 9.21. The lowest BCUT2D eigenvalue weighted by molar-refractivity contribution is 0.306. The lowest BCUT2D eigenvalue weighted by Crippen LogP contribution is -1.95. The number of hydrogen-bond acceptors (Lipinski definition) is 2. The monoisotopic (exact) mass is 223 g/mol. The molecular formula is C14H11N2O. The smallest absolute Gasteiger partial charge is 0.122 e. The van der Waals surface area contributed by atoms with Crippen molar-refractivity contribution in [1.82, 2.24) is 5.43 Å². The molecule has 0 atom stereocenters. The summed E-state index contributed by atoms with van der Waals surface area (Å²) in [6, 6.07) is 15.9. The third-order valence-electron chi connectivity index (χ3n) is 2.61. The van der Waals surface area contributed by atoms with Crippen molar-refractivity contribution in [2.45, 2.75) is 6.61 Å². The first-order valence-corrected chi connectivity index (χ1v) is 5.47. The molecule has 83 valence electrons. The van der Waals surface area contributed by atoms with Gasteiger partial charge in [0.2, 0.25) is 0 Å². The van der Waals surface area contributed by atoms with Crippen LogP contribution in [0.1, 0.15) is 11.1 Å². The number of rotatable bonds is 3. The third kappa shape index (κ3) is 2.13. The average Bonchev–Trinajstić information content (AvgIpc) is 2.85. The van der Waals surface area contributed by atoms with Crippen molar-refractivity contribution < 1.29 is 4.74 Å². The molecule has 17 heavy (non-hydrogen) atoms. The first-order valence-electron chi connectivity index (χ1n) is 5.47. The molecule has 2 aromatic carbocycles. The summed E-state index contributed by atoms with van der Waals surface area (Å²) in [6.45, 7) is 0.570. The normalized spacial score (nSPS) is 12.0. The van der Waals surface area contributed by atoms with Gasteiger partial charge in [0.05, 0.1) is 11.9 Å². The molecule has 0 saturated carbocycles. The lowest BCUT2D eigenvalue weighted by atomic mass is 10.2. The van der Waals surface area contributed by atoms with Crippen LogP contribution in [0.3, 0.4) is 0 Å². The summed E-state index contributed by atoms with van der Waals surface area (Å²) in [6.07, 6.45) is 1.75. The Morgan fingerprint density at radius 2 is 1.88 bits per heavy atom. The maximum Gasteiger partial charge on any atom is 0.122 e. The third-order valence-corrected chi connectivity index (χ3v) is 2.61. The van der Waals surface area contributed by atoms with Crippen LogP contribution in [0.15, 0.2) is 53.6 Å². The van der Waals surface area contributed by atoms with E-state index in [0.717, 1.165) is 22.6 Å². The number of fused-ring (bicyclic) bond motifs is 1. The highest BCUT2D eigenvalue weighted by atomic mass is 16.5. The van der Waals surface area contributed by atoms with E-state index < -0.39 is 0 Å². The van der Waals surface area contributed by atoms with E-state index in [4.69, 9.17) is 4.74 Å². The van der Waals surface area contributed by atoms with Gasteiger partial charge in [-0.15, -0.1) is 0 Å². The van der Waals surface area contributed by atoms with Crippen molar-refractivity contribution >= 4 is 11.9 Å². The van der Waals surface area contributed by atoms with E-state index >= 15 is 0 Å². The Hall–Kier alpha value is -2.29. The number of nitrogens with zero attached hydrogens (tertiary/aromatic N) is 2. The number of hydrogen-bond donors (Lipinski definition) is 0. The molecule has 1 aliphatic heterocycles. The molecule has 0 aliphatic carbocycles. The zero-order chi connectivity index (χ0) is 11.5. The van der Waals surface area contributed by atoms with E-state index in [-0.39, 0.29) is 0 Å². The molecule has 0 bridgehead atoms. The summed E-state index contributed by atoms with van der Waals surface area (Å²) < 4.78 is 5.70. The quantitative estimate of drug-likeness (QED) is 0.788. The highest BCUT2D eigenvalue weighted by Gasteiger charge is 2.08. The van der Waals surface area contributed by atoms with E-state index in [1.165, 1.54) is 0 Å². The van der Waals surface area contributed by atoms with Gasteiger partial charge in [-0.05, 0) is 17.7 Å². The van der Waals surface area contributed by atoms with Gasteiger partial charge in [-0.2, -0.15) is 10.5 Å². The van der Waals surface area contributed by atoms with Crippen molar-refractivity contribution in [3.63, 3.8) is 0 Å². The minimum absolute atomic E-state index is 0.570. The summed E-state index contributed by atoms with van der Waals surface area (Å²) in [5.74, 6) is 0.821. The predicted octanol–water partition coefficient (Wildman–Crippen LogP) is 2.85. The number of benzene rings is 2. The first kappa shape index (κ1) is 9.90. The topological polar surface area (TPSA) is 35.7 Å². The second-order valence-corrected chi connectivity index (χ2v) is 3.84. The molecule has 3 nitrogen and oxygen atoms in total. The Bertz CT molecular complexity index is 549. The van der Waals surface area contributed by atoms with Crippen LogP contribution in [0.25, 0.3) is 0 Å². The van der Waals surface area contributed by atoms with E-state index in [2.05, 4.69) is 10.5 Å². The Morgan fingerprint density at radius 3 is 2.76 bits per heavy atom. The van der Waals surface area contributed by atoms with Crippen LogP contribution < -0.4 is 10.2 Å². The maximum atomic E-state index is 5.70. The van der Waals surface area contributed by atoms with E-state index in [1.807, 2.05) is 48.5 Å². The van der Waals surface area contributed by atoms with E-state index in [1.54, 1.807) is 6.21 Å². The Balaban J connectivity index is 1.70. The summed E-state index contributed by atoms with van der Waals surface area (Å²) in [5.41, 5.74) is 7.07. The highest BCUT2D eigenvalue weighted by Crippen LogP contribution is 2.25. The summed E-state index contributed by atoms with van der Waals surface area (Å²) in [4.78, 5) is 0. The SMILES string of the molecule is C1=N[N]c2cc(OCc3ccccc3)ccc21. The molecule has 0 unspecified atom stereocenters. The van der Waals surface area contributed by atoms with Crippen molar-refractivity contribution in [2.75, 3.05) is 0 Å². The Morgan fingerprint density at radius 1 is 1.00 bits per heavy atom. The van der Waals surface area contributed by atoms with Gasteiger partial charge in [0.1, 0.15) is 12.4 Å². The van der Waals surface area contributed by atoms with Gasteiger partial charge >= 0.3 is 0 Å². The van der Waals surface area contributed by atoms with Crippen molar-refractivity contribution in [3.8, 4) is 5.75 Å². The fourth-order valence-corrected chi connectivity index (χ4v) is 1.70. The highest BCUT2D eigenvalue weighted by molar-refractivity contribution is 5.89.